The Morgan fingerprint density at radius 2 is 2.05 bits per heavy atom. The molecular formula is C15H21N3O3. The number of amides is 2. The predicted octanol–water partition coefficient (Wildman–Crippen LogP) is 0.221. The summed E-state index contributed by atoms with van der Waals surface area (Å²) >= 11 is 0. The monoisotopic (exact) mass is 291 g/mol. The van der Waals surface area contributed by atoms with E-state index in [1.807, 2.05) is 13.8 Å². The molecule has 0 saturated carbocycles. The standard InChI is InChI=1S/C15H21N3O3/c1-3-11(2)14-15(21)18(10-12(19)16-14)9-8-17-7-5-4-6-13(17)20/h4-7,11,14H,3,8-10H2,1-2H3,(H,16,19). The van der Waals surface area contributed by atoms with Gasteiger partial charge in [-0.05, 0) is 12.0 Å². The number of nitrogens with zero attached hydrogens (tertiary/aromatic N) is 2. The molecule has 1 saturated heterocycles. The molecular weight excluding hydrogens is 270 g/mol. The minimum Gasteiger partial charge on any atom is -0.342 e. The number of hydrogen-bond acceptors (Lipinski definition) is 3. The molecule has 21 heavy (non-hydrogen) atoms. The van der Waals surface area contributed by atoms with Gasteiger partial charge >= 0.3 is 0 Å². The Balaban J connectivity index is 2.05. The van der Waals surface area contributed by atoms with E-state index >= 15 is 0 Å². The number of carbonyl (C=O) groups is 2. The highest BCUT2D eigenvalue weighted by Gasteiger charge is 2.35. The van der Waals surface area contributed by atoms with Crippen LogP contribution in [-0.4, -0.2) is 40.4 Å². The van der Waals surface area contributed by atoms with Gasteiger partial charge in [-0.1, -0.05) is 26.3 Å². The third kappa shape index (κ3) is 3.51. The molecule has 1 aliphatic heterocycles. The summed E-state index contributed by atoms with van der Waals surface area (Å²) in [4.78, 5) is 37.3. The fraction of sp³-hybridized carbons (Fsp3) is 0.533. The number of pyridine rings is 1. The zero-order valence-electron chi connectivity index (χ0n) is 12.4. The van der Waals surface area contributed by atoms with Crippen LogP contribution in [0, 0.1) is 5.92 Å². The number of rotatable bonds is 5. The number of carbonyl (C=O) groups excluding carboxylic acids is 2. The highest BCUT2D eigenvalue weighted by molar-refractivity contribution is 5.95. The van der Waals surface area contributed by atoms with Gasteiger partial charge in [0.15, 0.2) is 0 Å². The molecule has 6 nitrogen and oxygen atoms in total. The lowest BCUT2D eigenvalue weighted by Gasteiger charge is -2.35. The van der Waals surface area contributed by atoms with Gasteiger partial charge in [0.2, 0.25) is 11.8 Å². The Bertz CT molecular complexity index is 582. The van der Waals surface area contributed by atoms with Gasteiger partial charge in [-0.15, -0.1) is 0 Å². The third-order valence-corrected chi connectivity index (χ3v) is 3.95. The van der Waals surface area contributed by atoms with E-state index < -0.39 is 6.04 Å². The van der Waals surface area contributed by atoms with Crippen LogP contribution in [0.2, 0.25) is 0 Å². The van der Waals surface area contributed by atoms with E-state index in [4.69, 9.17) is 0 Å². The second kappa shape index (κ2) is 6.56. The number of aromatic nitrogens is 1. The summed E-state index contributed by atoms with van der Waals surface area (Å²) in [5.74, 6) is -0.100. The van der Waals surface area contributed by atoms with Crippen molar-refractivity contribution in [2.24, 2.45) is 5.92 Å². The first kappa shape index (κ1) is 15.3. The smallest absolute Gasteiger partial charge is 0.250 e. The highest BCUT2D eigenvalue weighted by Crippen LogP contribution is 2.14. The minimum atomic E-state index is -0.455. The summed E-state index contributed by atoms with van der Waals surface area (Å²) < 4.78 is 1.54. The molecule has 114 valence electrons. The van der Waals surface area contributed by atoms with Crippen molar-refractivity contribution in [3.05, 3.63) is 34.7 Å². The lowest BCUT2D eigenvalue weighted by atomic mass is 9.96. The van der Waals surface area contributed by atoms with Crippen LogP contribution in [0.3, 0.4) is 0 Å². The summed E-state index contributed by atoms with van der Waals surface area (Å²) in [5.41, 5.74) is -0.107. The molecule has 0 aliphatic carbocycles. The minimum absolute atomic E-state index is 0.0621. The van der Waals surface area contributed by atoms with Crippen LogP contribution in [0.5, 0.6) is 0 Å². The molecule has 2 rings (SSSR count). The molecule has 2 atom stereocenters. The molecule has 2 heterocycles. The highest BCUT2D eigenvalue weighted by atomic mass is 16.2. The summed E-state index contributed by atoms with van der Waals surface area (Å²) in [5, 5.41) is 2.76. The fourth-order valence-electron chi connectivity index (χ4n) is 2.41. The molecule has 1 aromatic heterocycles. The van der Waals surface area contributed by atoms with Crippen molar-refractivity contribution in [2.75, 3.05) is 13.1 Å². The van der Waals surface area contributed by atoms with Crippen LogP contribution in [-0.2, 0) is 16.1 Å². The van der Waals surface area contributed by atoms with Gasteiger partial charge in [-0.3, -0.25) is 14.4 Å². The molecule has 6 heteroatoms. The molecule has 1 fully saturated rings. The molecule has 0 aromatic carbocycles. The summed E-state index contributed by atoms with van der Waals surface area (Å²) in [7, 11) is 0. The van der Waals surface area contributed by atoms with Gasteiger partial charge in [0.25, 0.3) is 5.56 Å². The van der Waals surface area contributed by atoms with Crippen LogP contribution in [0.25, 0.3) is 0 Å². The van der Waals surface area contributed by atoms with Crippen molar-refractivity contribution < 1.29 is 9.59 Å². The largest absolute Gasteiger partial charge is 0.342 e. The van der Waals surface area contributed by atoms with Crippen LogP contribution in [0.4, 0.5) is 0 Å². The summed E-state index contributed by atoms with van der Waals surface area (Å²) in [6, 6.07) is 4.47. The maximum absolute atomic E-state index is 12.4. The first-order chi connectivity index (χ1) is 10.0. The van der Waals surface area contributed by atoms with Gasteiger partial charge in [0.05, 0.1) is 6.54 Å². The summed E-state index contributed by atoms with van der Waals surface area (Å²) in [6.45, 7) is 4.77. The number of piperazine rings is 1. The van der Waals surface area contributed by atoms with E-state index in [9.17, 15) is 14.4 Å². The van der Waals surface area contributed by atoms with Gasteiger partial charge in [-0.25, -0.2) is 0 Å². The van der Waals surface area contributed by atoms with Gasteiger partial charge in [0.1, 0.15) is 6.04 Å². The van der Waals surface area contributed by atoms with Crippen molar-refractivity contribution >= 4 is 11.8 Å². The Hall–Kier alpha value is -2.11. The molecule has 0 radical (unpaired) electrons. The second-order valence-corrected chi connectivity index (χ2v) is 5.42. The first-order valence-electron chi connectivity index (χ1n) is 7.26. The lowest BCUT2D eigenvalue weighted by molar-refractivity contribution is -0.145. The molecule has 2 unspecified atom stereocenters. The number of hydrogen-bond donors (Lipinski definition) is 1. The van der Waals surface area contributed by atoms with E-state index in [-0.39, 0.29) is 29.8 Å². The third-order valence-electron chi connectivity index (χ3n) is 3.95. The summed E-state index contributed by atoms with van der Waals surface area (Å²) in [6.07, 6.45) is 2.51. The van der Waals surface area contributed by atoms with Crippen molar-refractivity contribution in [2.45, 2.75) is 32.9 Å². The fourth-order valence-corrected chi connectivity index (χ4v) is 2.41. The molecule has 0 spiro atoms. The molecule has 1 N–H and O–H groups in total. The normalized spacial score (nSPS) is 20.3. The average molecular weight is 291 g/mol. The Morgan fingerprint density at radius 1 is 1.29 bits per heavy atom. The zero-order valence-corrected chi connectivity index (χ0v) is 12.4. The van der Waals surface area contributed by atoms with Crippen molar-refractivity contribution in [1.82, 2.24) is 14.8 Å². The zero-order chi connectivity index (χ0) is 15.4. The molecule has 2 amide bonds. The van der Waals surface area contributed by atoms with Crippen molar-refractivity contribution in [3.63, 3.8) is 0 Å². The molecule has 1 aromatic rings. The Morgan fingerprint density at radius 3 is 2.71 bits per heavy atom. The Kier molecular flexibility index (Phi) is 4.77. The van der Waals surface area contributed by atoms with E-state index in [2.05, 4.69) is 5.32 Å². The first-order valence-corrected chi connectivity index (χ1v) is 7.26. The van der Waals surface area contributed by atoms with Gasteiger partial charge < -0.3 is 14.8 Å². The van der Waals surface area contributed by atoms with Crippen LogP contribution in [0.15, 0.2) is 29.2 Å². The van der Waals surface area contributed by atoms with Crippen LogP contribution >= 0.6 is 0 Å². The van der Waals surface area contributed by atoms with Crippen LogP contribution < -0.4 is 10.9 Å². The maximum atomic E-state index is 12.4. The maximum Gasteiger partial charge on any atom is 0.250 e. The second-order valence-electron chi connectivity index (χ2n) is 5.42. The van der Waals surface area contributed by atoms with E-state index in [1.54, 1.807) is 18.3 Å². The molecule has 1 aliphatic rings. The van der Waals surface area contributed by atoms with E-state index in [1.165, 1.54) is 15.5 Å². The van der Waals surface area contributed by atoms with Gasteiger partial charge in [0, 0.05) is 25.4 Å². The van der Waals surface area contributed by atoms with Crippen LogP contribution in [0.1, 0.15) is 20.3 Å². The predicted molar refractivity (Wildman–Crippen MR) is 78.7 cm³/mol. The Labute approximate surface area is 123 Å². The van der Waals surface area contributed by atoms with E-state index in [0.717, 1.165) is 6.42 Å². The van der Waals surface area contributed by atoms with E-state index in [0.29, 0.717) is 13.1 Å². The molecule has 0 bridgehead atoms. The SMILES string of the molecule is CCC(C)C1NC(=O)CN(CCn2ccccc2=O)C1=O. The average Bonchev–Trinajstić information content (AvgIpc) is 2.48. The van der Waals surface area contributed by atoms with Gasteiger partial charge in [-0.2, -0.15) is 0 Å². The lowest BCUT2D eigenvalue weighted by Crippen LogP contribution is -2.60. The van der Waals surface area contributed by atoms with Crippen molar-refractivity contribution in [3.8, 4) is 0 Å². The quantitative estimate of drug-likeness (QED) is 0.843. The topological polar surface area (TPSA) is 71.4 Å². The van der Waals surface area contributed by atoms with Crippen molar-refractivity contribution in [1.29, 1.82) is 0 Å². The number of nitrogens with one attached hydrogen (secondary N) is 1.